The zero-order valence-electron chi connectivity index (χ0n) is 28.7. The lowest BCUT2D eigenvalue weighted by molar-refractivity contribution is -0.385. The topological polar surface area (TPSA) is 191 Å². The van der Waals surface area contributed by atoms with Gasteiger partial charge in [0.05, 0.1) is 59.1 Å². The highest BCUT2D eigenvalue weighted by Gasteiger charge is 2.35. The van der Waals surface area contributed by atoms with Crippen LogP contribution in [0.4, 0.5) is 30.2 Å². The van der Waals surface area contributed by atoms with Gasteiger partial charge in [-0.3, -0.25) is 34.6 Å². The summed E-state index contributed by atoms with van der Waals surface area (Å²) in [7, 11) is 0. The van der Waals surface area contributed by atoms with E-state index >= 15 is 0 Å². The second kappa shape index (κ2) is 18.9. The first-order chi connectivity index (χ1) is 23.2. The third-order valence-corrected chi connectivity index (χ3v) is 6.96. The fraction of sp³-hybridized carbons (Fsp3) is 0.382. The number of nitrogen functional groups attached to an aromatic ring is 1. The Bertz CT molecular complexity index is 1700. The van der Waals surface area contributed by atoms with Crippen LogP contribution in [0.3, 0.4) is 0 Å². The van der Waals surface area contributed by atoms with Crippen LogP contribution < -0.4 is 5.73 Å². The summed E-state index contributed by atoms with van der Waals surface area (Å²) in [6.45, 7) is 12.0. The summed E-state index contributed by atoms with van der Waals surface area (Å²) in [6.07, 6.45) is -0.225. The van der Waals surface area contributed by atoms with Crippen LogP contribution in [0.25, 0.3) is 0 Å². The third-order valence-electron chi connectivity index (χ3n) is 6.96. The number of non-ortho nitro benzene ring substituents is 2. The van der Waals surface area contributed by atoms with Crippen molar-refractivity contribution >= 4 is 35.0 Å². The van der Waals surface area contributed by atoms with E-state index in [1.165, 1.54) is 44.2 Å². The number of carbonyl (C=O) groups is 3. The Hall–Kier alpha value is -5.54. The number of hydrogen-bond donors (Lipinski definition) is 1. The van der Waals surface area contributed by atoms with E-state index in [1.54, 1.807) is 40.7 Å². The SMILES string of the molecule is CCOC(=O)C(C)(C)c1ccc(N)cc1F.CCOC(=O)C(C)(C)c1ccc([N+](=O)[O-])cc1F.CCOC(=O)Cc1ccc([N+](=O)[O-])cc1F. The summed E-state index contributed by atoms with van der Waals surface area (Å²) >= 11 is 0. The van der Waals surface area contributed by atoms with Gasteiger partial charge in [-0.1, -0.05) is 6.07 Å². The molecule has 0 saturated carbocycles. The van der Waals surface area contributed by atoms with Gasteiger partial charge in [0.25, 0.3) is 11.4 Å². The molecule has 0 atom stereocenters. The lowest BCUT2D eigenvalue weighted by Crippen LogP contribution is -2.32. The van der Waals surface area contributed by atoms with Crippen molar-refractivity contribution in [3.8, 4) is 0 Å². The van der Waals surface area contributed by atoms with Crippen molar-refractivity contribution in [1.82, 2.24) is 0 Å². The van der Waals surface area contributed by atoms with Gasteiger partial charge in [-0.25, -0.2) is 13.2 Å². The number of hydrogen-bond acceptors (Lipinski definition) is 11. The molecular weight excluding hydrogens is 667 g/mol. The van der Waals surface area contributed by atoms with Crippen molar-refractivity contribution in [2.45, 2.75) is 65.7 Å². The average molecular weight is 708 g/mol. The smallest absolute Gasteiger partial charge is 0.316 e. The largest absolute Gasteiger partial charge is 0.466 e. The second-order valence-electron chi connectivity index (χ2n) is 11.4. The van der Waals surface area contributed by atoms with Crippen molar-refractivity contribution in [1.29, 1.82) is 0 Å². The molecule has 0 spiro atoms. The fourth-order valence-electron chi connectivity index (χ4n) is 4.17. The van der Waals surface area contributed by atoms with Gasteiger partial charge >= 0.3 is 17.9 Å². The molecule has 0 unspecified atom stereocenters. The van der Waals surface area contributed by atoms with Crippen molar-refractivity contribution < 1.29 is 51.6 Å². The normalized spacial score (nSPS) is 10.8. The summed E-state index contributed by atoms with van der Waals surface area (Å²) in [5.74, 6) is -3.63. The first-order valence-electron chi connectivity index (χ1n) is 15.2. The molecule has 50 heavy (non-hydrogen) atoms. The molecule has 13 nitrogen and oxygen atoms in total. The van der Waals surface area contributed by atoms with Crippen molar-refractivity contribution in [3.05, 3.63) is 109 Å². The van der Waals surface area contributed by atoms with Gasteiger partial charge < -0.3 is 19.9 Å². The van der Waals surface area contributed by atoms with Crippen LogP contribution in [0.1, 0.15) is 65.2 Å². The van der Waals surface area contributed by atoms with E-state index < -0.39 is 56.0 Å². The van der Waals surface area contributed by atoms with Gasteiger partial charge in [-0.15, -0.1) is 0 Å². The van der Waals surface area contributed by atoms with Crippen LogP contribution in [-0.2, 0) is 45.8 Å². The molecule has 0 heterocycles. The first kappa shape index (κ1) is 42.5. The number of anilines is 1. The maximum atomic E-state index is 13.8. The van der Waals surface area contributed by atoms with Gasteiger partial charge in [-0.05, 0) is 78.3 Å². The maximum Gasteiger partial charge on any atom is 0.316 e. The summed E-state index contributed by atoms with van der Waals surface area (Å²) in [5.41, 5.74) is 3.35. The number of rotatable bonds is 11. The second-order valence-corrected chi connectivity index (χ2v) is 11.4. The summed E-state index contributed by atoms with van der Waals surface area (Å²) in [5, 5.41) is 20.8. The number of benzene rings is 3. The Balaban J connectivity index is 0.000000376. The molecule has 3 aromatic rings. The number of nitrogens with two attached hydrogens (primary N) is 1. The Morgan fingerprint density at radius 2 is 1.06 bits per heavy atom. The van der Waals surface area contributed by atoms with E-state index in [0.717, 1.165) is 18.2 Å². The van der Waals surface area contributed by atoms with E-state index in [0.29, 0.717) is 11.3 Å². The number of esters is 3. The van der Waals surface area contributed by atoms with Crippen LogP contribution in [0, 0.1) is 37.7 Å². The predicted molar refractivity (Wildman–Crippen MR) is 177 cm³/mol. The molecule has 3 aromatic carbocycles. The number of halogens is 3. The van der Waals surface area contributed by atoms with Crippen LogP contribution in [-0.4, -0.2) is 47.6 Å². The lowest BCUT2D eigenvalue weighted by atomic mass is 9.84. The minimum atomic E-state index is -1.19. The number of nitro benzene ring substituents is 2. The zero-order chi connectivity index (χ0) is 38.4. The van der Waals surface area contributed by atoms with E-state index in [1.807, 2.05) is 0 Å². The zero-order valence-corrected chi connectivity index (χ0v) is 28.7. The number of nitro groups is 2. The third kappa shape index (κ3) is 11.9. The van der Waals surface area contributed by atoms with Gasteiger partial charge in [0.1, 0.15) is 17.5 Å². The van der Waals surface area contributed by atoms with E-state index in [9.17, 15) is 47.8 Å². The Morgan fingerprint density at radius 1 is 0.660 bits per heavy atom. The molecule has 272 valence electrons. The minimum absolute atomic E-state index is 0.0755. The van der Waals surface area contributed by atoms with Gasteiger partial charge in [-0.2, -0.15) is 0 Å². The lowest BCUT2D eigenvalue weighted by Gasteiger charge is -2.23. The highest BCUT2D eigenvalue weighted by molar-refractivity contribution is 5.83. The van der Waals surface area contributed by atoms with Crippen LogP contribution in [0.5, 0.6) is 0 Å². The fourth-order valence-corrected chi connectivity index (χ4v) is 4.17. The Morgan fingerprint density at radius 3 is 1.44 bits per heavy atom. The molecule has 0 aliphatic heterocycles. The highest BCUT2D eigenvalue weighted by Crippen LogP contribution is 2.30. The molecule has 0 aliphatic rings. The minimum Gasteiger partial charge on any atom is -0.466 e. The molecule has 0 bridgehead atoms. The van der Waals surface area contributed by atoms with E-state index in [2.05, 4.69) is 4.74 Å². The molecule has 0 radical (unpaired) electrons. The predicted octanol–water partition coefficient (Wildman–Crippen LogP) is 6.66. The van der Waals surface area contributed by atoms with Crippen LogP contribution >= 0.6 is 0 Å². The maximum absolute atomic E-state index is 13.8. The van der Waals surface area contributed by atoms with Crippen LogP contribution in [0.2, 0.25) is 0 Å². The molecular formula is C34H40F3N3O10. The summed E-state index contributed by atoms with van der Waals surface area (Å²) in [4.78, 5) is 53.9. The number of ether oxygens (including phenoxy) is 3. The number of nitrogens with zero attached hydrogens (tertiary/aromatic N) is 2. The molecule has 0 fully saturated rings. The monoisotopic (exact) mass is 707 g/mol. The average Bonchev–Trinajstić information content (AvgIpc) is 3.02. The molecule has 0 saturated heterocycles. The van der Waals surface area contributed by atoms with Crippen molar-refractivity contribution in [3.63, 3.8) is 0 Å². The molecule has 0 amide bonds. The quantitative estimate of drug-likeness (QED) is 0.0737. The molecule has 0 aliphatic carbocycles. The van der Waals surface area contributed by atoms with Crippen molar-refractivity contribution in [2.75, 3.05) is 25.6 Å². The molecule has 3 rings (SSSR count). The van der Waals surface area contributed by atoms with Crippen LogP contribution in [0.15, 0.2) is 54.6 Å². The first-order valence-corrected chi connectivity index (χ1v) is 15.2. The van der Waals surface area contributed by atoms with Gasteiger partial charge in [0, 0.05) is 28.9 Å². The highest BCUT2D eigenvalue weighted by atomic mass is 19.1. The standard InChI is InChI=1S/C12H14FNO4.C12H16FNO2.C10H10FNO4/c1-4-18-11(15)12(2,3)9-6-5-8(14(16)17)7-10(9)13;1-4-16-11(15)12(2,3)9-6-5-8(14)7-10(9)13;1-2-16-10(13)5-7-3-4-8(12(14)15)6-9(7)11/h5-7H,4H2,1-3H3;5-7H,4,14H2,1-3H3;3-4,6H,2,5H2,1H3. The Labute approximate surface area is 286 Å². The molecule has 16 heteroatoms. The van der Waals surface area contributed by atoms with Gasteiger partial charge in [0.2, 0.25) is 0 Å². The van der Waals surface area contributed by atoms with E-state index in [4.69, 9.17) is 15.2 Å². The molecule has 0 aromatic heterocycles. The summed E-state index contributed by atoms with van der Waals surface area (Å²) in [6, 6.07) is 10.6. The Kier molecular flexibility index (Phi) is 16.0. The van der Waals surface area contributed by atoms with Crippen molar-refractivity contribution in [2.24, 2.45) is 0 Å². The molecule has 2 N–H and O–H groups in total. The van der Waals surface area contributed by atoms with E-state index in [-0.39, 0.29) is 48.7 Å². The number of carbonyl (C=O) groups excluding carboxylic acids is 3. The van der Waals surface area contributed by atoms with Gasteiger partial charge in [0.15, 0.2) is 0 Å². The summed E-state index contributed by atoms with van der Waals surface area (Å²) < 4.78 is 55.2.